The number of benzene rings is 2. The summed E-state index contributed by atoms with van der Waals surface area (Å²) >= 11 is 7.53. The fraction of sp³-hybridized carbons (Fsp3) is 0.278. The van der Waals surface area contributed by atoms with Gasteiger partial charge in [0.25, 0.3) is 0 Å². The number of Topliss-reactive ketones (excluding diaryl/α,β-unsaturated/α-hetero) is 1. The highest BCUT2D eigenvalue weighted by Gasteiger charge is 2.18. The standard InChI is InChI=1S/C18H20ClNO3S2/c1-3-25(22,23)18-9-5-13(19)10-12(18)4-8-17(21)15-11-14(24-2)6-7-16(15)20/h5-7,9-11H,3-4,8,20H2,1-2H3. The van der Waals surface area contributed by atoms with Gasteiger partial charge in [0, 0.05) is 27.6 Å². The second-order valence-corrected chi connectivity index (χ2v) is 9.09. The first-order chi connectivity index (χ1) is 11.8. The van der Waals surface area contributed by atoms with E-state index in [1.54, 1.807) is 31.2 Å². The van der Waals surface area contributed by atoms with Crippen LogP contribution in [0.1, 0.15) is 29.3 Å². The van der Waals surface area contributed by atoms with Gasteiger partial charge in [-0.25, -0.2) is 8.42 Å². The molecule has 0 heterocycles. The molecule has 0 saturated heterocycles. The number of carbonyl (C=O) groups is 1. The molecule has 0 bridgehead atoms. The molecule has 0 radical (unpaired) electrons. The van der Waals surface area contributed by atoms with Crippen molar-refractivity contribution in [2.75, 3.05) is 17.7 Å². The van der Waals surface area contributed by atoms with Crippen molar-refractivity contribution >= 4 is 44.7 Å². The van der Waals surface area contributed by atoms with Gasteiger partial charge < -0.3 is 5.73 Å². The molecule has 25 heavy (non-hydrogen) atoms. The Hall–Kier alpha value is -1.50. The Labute approximate surface area is 157 Å². The number of aryl methyl sites for hydroxylation is 1. The average Bonchev–Trinajstić information content (AvgIpc) is 2.60. The molecule has 0 unspecified atom stereocenters. The number of halogens is 1. The summed E-state index contributed by atoms with van der Waals surface area (Å²) in [6, 6.07) is 10.0. The maximum absolute atomic E-state index is 12.6. The molecule has 0 spiro atoms. The second-order valence-electron chi connectivity index (χ2n) is 5.53. The molecule has 0 aliphatic carbocycles. The molecule has 2 aromatic rings. The summed E-state index contributed by atoms with van der Waals surface area (Å²) in [7, 11) is -3.37. The van der Waals surface area contributed by atoms with Crippen molar-refractivity contribution in [3.05, 3.63) is 52.5 Å². The molecule has 4 nitrogen and oxygen atoms in total. The maximum Gasteiger partial charge on any atom is 0.178 e. The number of carbonyl (C=O) groups excluding carboxylic acids is 1. The molecule has 0 aliphatic heterocycles. The van der Waals surface area contributed by atoms with Gasteiger partial charge in [-0.3, -0.25) is 4.79 Å². The number of hydrogen-bond acceptors (Lipinski definition) is 5. The van der Waals surface area contributed by atoms with Gasteiger partial charge in [0.05, 0.1) is 10.6 Å². The Bertz CT molecular complexity index is 895. The smallest absolute Gasteiger partial charge is 0.178 e. The van der Waals surface area contributed by atoms with Gasteiger partial charge in [-0.05, 0) is 54.6 Å². The lowest BCUT2D eigenvalue weighted by atomic mass is 10.0. The number of nitrogen functional groups attached to an aromatic ring is 1. The van der Waals surface area contributed by atoms with E-state index < -0.39 is 9.84 Å². The van der Waals surface area contributed by atoms with Crippen molar-refractivity contribution in [3.8, 4) is 0 Å². The minimum absolute atomic E-state index is 0.00169. The molecular formula is C18H20ClNO3S2. The molecule has 0 amide bonds. The fourth-order valence-corrected chi connectivity index (χ4v) is 4.27. The molecule has 2 N–H and O–H groups in total. The van der Waals surface area contributed by atoms with Crippen molar-refractivity contribution in [3.63, 3.8) is 0 Å². The largest absolute Gasteiger partial charge is 0.398 e. The predicted octanol–water partition coefficient (Wildman–Crippen LogP) is 4.25. The van der Waals surface area contributed by atoms with E-state index in [0.717, 1.165) is 4.90 Å². The van der Waals surface area contributed by atoms with Gasteiger partial charge in [0.15, 0.2) is 15.6 Å². The summed E-state index contributed by atoms with van der Waals surface area (Å²) in [5.74, 6) is -0.119. The maximum atomic E-state index is 12.6. The minimum atomic E-state index is -3.37. The lowest BCUT2D eigenvalue weighted by molar-refractivity contribution is 0.0983. The van der Waals surface area contributed by atoms with Crippen molar-refractivity contribution in [1.82, 2.24) is 0 Å². The zero-order valence-corrected chi connectivity index (χ0v) is 16.5. The summed E-state index contributed by atoms with van der Waals surface area (Å²) < 4.78 is 24.5. The molecular weight excluding hydrogens is 378 g/mol. The summed E-state index contributed by atoms with van der Waals surface area (Å²) in [5.41, 5.74) is 7.36. The van der Waals surface area contributed by atoms with Gasteiger partial charge in [0.1, 0.15) is 0 Å². The van der Waals surface area contributed by atoms with Crippen LogP contribution in [0.25, 0.3) is 0 Å². The van der Waals surface area contributed by atoms with Crippen LogP contribution in [0.2, 0.25) is 5.02 Å². The number of thioether (sulfide) groups is 1. The number of sulfone groups is 1. The fourth-order valence-electron chi connectivity index (χ4n) is 2.49. The SMILES string of the molecule is CCS(=O)(=O)c1ccc(Cl)cc1CCC(=O)c1cc(SC)ccc1N. The zero-order valence-electron chi connectivity index (χ0n) is 14.1. The molecule has 0 aromatic heterocycles. The van der Waals surface area contributed by atoms with E-state index >= 15 is 0 Å². The number of ketones is 1. The molecule has 2 rings (SSSR count). The van der Waals surface area contributed by atoms with Crippen LogP contribution in [0.15, 0.2) is 46.2 Å². The summed E-state index contributed by atoms with van der Waals surface area (Å²) in [5, 5.41) is 0.446. The third-order valence-corrected chi connectivity index (χ3v) is 6.71. The quantitative estimate of drug-likeness (QED) is 0.429. The highest BCUT2D eigenvalue weighted by Crippen LogP contribution is 2.26. The number of anilines is 1. The van der Waals surface area contributed by atoms with E-state index in [4.69, 9.17) is 17.3 Å². The number of rotatable bonds is 7. The summed E-state index contributed by atoms with van der Waals surface area (Å²) in [4.78, 5) is 13.7. The van der Waals surface area contributed by atoms with E-state index in [9.17, 15) is 13.2 Å². The average molecular weight is 398 g/mol. The van der Waals surface area contributed by atoms with Gasteiger partial charge in [-0.1, -0.05) is 18.5 Å². The van der Waals surface area contributed by atoms with Crippen LogP contribution >= 0.6 is 23.4 Å². The van der Waals surface area contributed by atoms with Crippen LogP contribution in [0, 0.1) is 0 Å². The first kappa shape index (κ1) is 19.8. The van der Waals surface area contributed by atoms with E-state index in [-0.39, 0.29) is 29.3 Å². The van der Waals surface area contributed by atoms with Crippen molar-refractivity contribution in [2.24, 2.45) is 0 Å². The van der Waals surface area contributed by atoms with E-state index in [1.807, 2.05) is 12.3 Å². The topological polar surface area (TPSA) is 77.2 Å². The Balaban J connectivity index is 2.27. The lowest BCUT2D eigenvalue weighted by Crippen LogP contribution is -2.10. The normalized spacial score (nSPS) is 11.5. The van der Waals surface area contributed by atoms with Crippen LogP contribution in [-0.4, -0.2) is 26.2 Å². The molecule has 0 atom stereocenters. The van der Waals surface area contributed by atoms with Crippen LogP contribution in [0.4, 0.5) is 5.69 Å². The summed E-state index contributed by atoms with van der Waals surface area (Å²) in [6.45, 7) is 1.59. The van der Waals surface area contributed by atoms with Crippen LogP contribution in [0.3, 0.4) is 0 Å². The van der Waals surface area contributed by atoms with Crippen LogP contribution < -0.4 is 5.73 Å². The Morgan fingerprint density at radius 2 is 1.92 bits per heavy atom. The Morgan fingerprint density at radius 1 is 1.20 bits per heavy atom. The first-order valence-corrected chi connectivity index (χ1v) is 11.0. The molecule has 0 fully saturated rings. The zero-order chi connectivity index (χ0) is 18.6. The van der Waals surface area contributed by atoms with Crippen LogP contribution in [0.5, 0.6) is 0 Å². The first-order valence-electron chi connectivity index (χ1n) is 7.76. The van der Waals surface area contributed by atoms with Crippen molar-refractivity contribution in [1.29, 1.82) is 0 Å². The van der Waals surface area contributed by atoms with E-state index in [0.29, 0.717) is 21.8 Å². The van der Waals surface area contributed by atoms with Gasteiger partial charge in [-0.15, -0.1) is 11.8 Å². The monoisotopic (exact) mass is 397 g/mol. The predicted molar refractivity (Wildman–Crippen MR) is 104 cm³/mol. The van der Waals surface area contributed by atoms with Crippen molar-refractivity contribution in [2.45, 2.75) is 29.6 Å². The minimum Gasteiger partial charge on any atom is -0.398 e. The Kier molecular flexibility index (Phi) is 6.54. The van der Waals surface area contributed by atoms with Crippen molar-refractivity contribution < 1.29 is 13.2 Å². The highest BCUT2D eigenvalue weighted by atomic mass is 35.5. The van der Waals surface area contributed by atoms with Gasteiger partial charge >= 0.3 is 0 Å². The molecule has 0 saturated carbocycles. The van der Waals surface area contributed by atoms with Crippen LogP contribution in [-0.2, 0) is 16.3 Å². The molecule has 0 aliphatic rings. The Morgan fingerprint density at radius 3 is 2.56 bits per heavy atom. The molecule has 7 heteroatoms. The number of hydrogen-bond donors (Lipinski definition) is 1. The third-order valence-electron chi connectivity index (χ3n) is 3.92. The van der Waals surface area contributed by atoms with Gasteiger partial charge in [-0.2, -0.15) is 0 Å². The lowest BCUT2D eigenvalue weighted by Gasteiger charge is -2.11. The highest BCUT2D eigenvalue weighted by molar-refractivity contribution is 7.98. The third kappa shape index (κ3) is 4.77. The van der Waals surface area contributed by atoms with E-state index in [1.165, 1.54) is 17.8 Å². The molecule has 2 aromatic carbocycles. The number of nitrogens with two attached hydrogens (primary N) is 1. The van der Waals surface area contributed by atoms with E-state index in [2.05, 4.69) is 0 Å². The van der Waals surface area contributed by atoms with Gasteiger partial charge in [0.2, 0.25) is 0 Å². The molecule has 134 valence electrons. The second kappa shape index (κ2) is 8.25. The summed E-state index contributed by atoms with van der Waals surface area (Å²) in [6.07, 6.45) is 2.37.